The molecule has 206 valence electrons. The van der Waals surface area contributed by atoms with Gasteiger partial charge in [-0.2, -0.15) is 5.10 Å². The highest BCUT2D eigenvalue weighted by molar-refractivity contribution is 5.78. The predicted octanol–water partition coefficient (Wildman–Crippen LogP) is 4.11. The van der Waals surface area contributed by atoms with Gasteiger partial charge in [0, 0.05) is 12.7 Å². The van der Waals surface area contributed by atoms with Crippen molar-refractivity contribution in [2.24, 2.45) is 5.41 Å². The quantitative estimate of drug-likeness (QED) is 0.355. The number of carbonyl (C=O) groups is 1. The number of hydrogen-bond acceptors (Lipinski definition) is 8. The molecule has 11 heteroatoms. The highest BCUT2D eigenvalue weighted by Gasteiger charge is 2.65. The average molecular weight is 547 g/mol. The Morgan fingerprint density at radius 2 is 1.95 bits per heavy atom. The summed E-state index contributed by atoms with van der Waals surface area (Å²) in [5.74, 6) is -1.34. The van der Waals surface area contributed by atoms with E-state index in [-0.39, 0.29) is 47.4 Å². The van der Waals surface area contributed by atoms with Crippen LogP contribution in [0.15, 0.2) is 47.3 Å². The number of amides is 1. The number of rotatable bonds is 7. The lowest BCUT2D eigenvalue weighted by atomic mass is 9.66. The van der Waals surface area contributed by atoms with Gasteiger partial charge in [0.15, 0.2) is 0 Å². The van der Waals surface area contributed by atoms with E-state index < -0.39 is 23.2 Å². The van der Waals surface area contributed by atoms with E-state index in [1.54, 1.807) is 25.4 Å². The second kappa shape index (κ2) is 9.51. The lowest BCUT2D eigenvalue weighted by Gasteiger charge is -2.37. The lowest BCUT2D eigenvalue weighted by Crippen LogP contribution is -2.38. The molecule has 1 aromatic carbocycles. The van der Waals surface area contributed by atoms with E-state index in [1.807, 2.05) is 0 Å². The van der Waals surface area contributed by atoms with E-state index in [9.17, 15) is 18.7 Å². The second-order valence-electron chi connectivity index (χ2n) is 11.1. The maximum absolute atomic E-state index is 14.5. The van der Waals surface area contributed by atoms with Crippen LogP contribution in [-0.2, 0) is 16.6 Å². The number of oxazole rings is 1. The van der Waals surface area contributed by atoms with E-state index in [2.05, 4.69) is 39.3 Å². The highest BCUT2D eigenvalue weighted by Crippen LogP contribution is 2.69. The van der Waals surface area contributed by atoms with Crippen molar-refractivity contribution in [2.45, 2.75) is 57.5 Å². The van der Waals surface area contributed by atoms with Gasteiger partial charge in [-0.05, 0) is 54.9 Å². The van der Waals surface area contributed by atoms with Crippen molar-refractivity contribution in [2.75, 3.05) is 6.54 Å². The number of aliphatic hydroxyl groups is 1. The number of nitrogens with one attached hydrogen (secondary N) is 1. The maximum atomic E-state index is 14.5. The first-order chi connectivity index (χ1) is 19.1. The van der Waals surface area contributed by atoms with Crippen LogP contribution >= 0.6 is 0 Å². The standard InChI is InChI=1S/C29H28F2N6O3/c1-15(38)11-33-24(39)9-16-14-40-27(34-16)22-12-32-13-23(35-22)29-8-7-18(28(29,2)3)17-10-21(36-37-26(17)29)25-19(30)5-4-6-20(25)31/h4-6,10,12-15,18,38H,7-9,11H2,1-3H3,(H,33,39)/t15-,18-,29-/m0/s1. The zero-order valence-electron chi connectivity index (χ0n) is 22.3. The fourth-order valence-corrected chi connectivity index (χ4v) is 6.43. The monoisotopic (exact) mass is 546 g/mol. The summed E-state index contributed by atoms with van der Waals surface area (Å²) in [4.78, 5) is 25.9. The summed E-state index contributed by atoms with van der Waals surface area (Å²) in [5, 5.41) is 20.8. The number of aromatic nitrogens is 5. The molecule has 3 atom stereocenters. The normalized spacial score (nSPS) is 21.3. The van der Waals surface area contributed by atoms with Crippen molar-refractivity contribution in [3.05, 3.63) is 77.2 Å². The summed E-state index contributed by atoms with van der Waals surface area (Å²) < 4.78 is 34.7. The van der Waals surface area contributed by atoms with Crippen LogP contribution in [0.2, 0.25) is 0 Å². The number of hydrogen-bond donors (Lipinski definition) is 2. The van der Waals surface area contributed by atoms with Crippen molar-refractivity contribution >= 4 is 5.91 Å². The van der Waals surface area contributed by atoms with Crippen LogP contribution in [-0.4, -0.2) is 48.8 Å². The summed E-state index contributed by atoms with van der Waals surface area (Å²) in [7, 11) is 0. The first-order valence-corrected chi connectivity index (χ1v) is 13.2. The molecule has 0 aliphatic heterocycles. The molecular weight excluding hydrogens is 518 g/mol. The fraction of sp³-hybridized carbons (Fsp3) is 0.379. The summed E-state index contributed by atoms with van der Waals surface area (Å²) >= 11 is 0. The largest absolute Gasteiger partial charge is 0.443 e. The van der Waals surface area contributed by atoms with Crippen molar-refractivity contribution in [3.8, 4) is 22.8 Å². The first-order valence-electron chi connectivity index (χ1n) is 13.2. The summed E-state index contributed by atoms with van der Waals surface area (Å²) in [6, 6.07) is 5.51. The summed E-state index contributed by atoms with van der Waals surface area (Å²) in [6.07, 6.45) is 5.62. The SMILES string of the molecule is C[C@H](O)CNC(=O)Cc1coc(-c2cncc([C@@]34CC[C@@H](c5cc(-c6c(F)cccc6F)nnc53)C4(C)C)n2)n1. The minimum absolute atomic E-state index is 0.00408. The van der Waals surface area contributed by atoms with Gasteiger partial charge in [0.1, 0.15) is 23.6 Å². The van der Waals surface area contributed by atoms with Gasteiger partial charge in [-0.3, -0.25) is 9.78 Å². The topological polar surface area (TPSA) is 127 Å². The minimum atomic E-state index is -0.685. The van der Waals surface area contributed by atoms with Crippen LogP contribution in [0.1, 0.15) is 62.2 Å². The fourth-order valence-electron chi connectivity index (χ4n) is 6.43. The molecule has 1 amide bonds. The lowest BCUT2D eigenvalue weighted by molar-refractivity contribution is -0.120. The van der Waals surface area contributed by atoms with Crippen molar-refractivity contribution < 1.29 is 23.1 Å². The second-order valence-corrected chi connectivity index (χ2v) is 11.1. The Morgan fingerprint density at radius 3 is 2.70 bits per heavy atom. The van der Waals surface area contributed by atoms with Crippen LogP contribution in [0.25, 0.3) is 22.8 Å². The Morgan fingerprint density at radius 1 is 1.18 bits per heavy atom. The van der Waals surface area contributed by atoms with Crippen LogP contribution in [0.3, 0.4) is 0 Å². The molecule has 2 N–H and O–H groups in total. The van der Waals surface area contributed by atoms with Crippen LogP contribution in [0.4, 0.5) is 8.78 Å². The average Bonchev–Trinajstić information content (AvgIpc) is 3.55. The molecule has 0 unspecified atom stereocenters. The molecule has 0 saturated heterocycles. The van der Waals surface area contributed by atoms with Gasteiger partial charge in [0.05, 0.1) is 52.5 Å². The Bertz CT molecular complexity index is 1600. The Balaban J connectivity index is 1.35. The van der Waals surface area contributed by atoms with E-state index in [4.69, 9.17) is 9.40 Å². The Kier molecular flexibility index (Phi) is 6.21. The zero-order valence-corrected chi connectivity index (χ0v) is 22.3. The molecule has 3 aromatic heterocycles. The molecule has 40 heavy (non-hydrogen) atoms. The molecule has 6 rings (SSSR count). The molecule has 1 saturated carbocycles. The van der Waals surface area contributed by atoms with Gasteiger partial charge in [0.25, 0.3) is 0 Å². The van der Waals surface area contributed by atoms with Crippen molar-refractivity contribution in [1.29, 1.82) is 0 Å². The third-order valence-corrected chi connectivity index (χ3v) is 8.38. The molecule has 4 aromatic rings. The maximum Gasteiger partial charge on any atom is 0.246 e. The van der Waals surface area contributed by atoms with Gasteiger partial charge in [-0.25, -0.2) is 18.7 Å². The number of benzene rings is 1. The number of aliphatic hydroxyl groups excluding tert-OH is 1. The molecular formula is C29H28F2N6O3. The Hall–Kier alpha value is -4.12. The molecule has 2 bridgehead atoms. The van der Waals surface area contributed by atoms with Gasteiger partial charge in [-0.15, -0.1) is 5.10 Å². The molecule has 0 spiro atoms. The summed E-state index contributed by atoms with van der Waals surface area (Å²) in [6.45, 7) is 6.04. The van der Waals surface area contributed by atoms with E-state index in [0.29, 0.717) is 17.1 Å². The molecule has 0 radical (unpaired) electrons. The van der Waals surface area contributed by atoms with Crippen LogP contribution < -0.4 is 5.32 Å². The van der Waals surface area contributed by atoms with Crippen LogP contribution in [0, 0.1) is 17.0 Å². The first kappa shape index (κ1) is 26.1. The van der Waals surface area contributed by atoms with E-state index >= 15 is 0 Å². The molecule has 3 heterocycles. The predicted molar refractivity (Wildman–Crippen MR) is 140 cm³/mol. The number of nitrogens with zero attached hydrogens (tertiary/aromatic N) is 5. The van der Waals surface area contributed by atoms with Gasteiger partial charge < -0.3 is 14.8 Å². The van der Waals surface area contributed by atoms with Gasteiger partial charge >= 0.3 is 0 Å². The van der Waals surface area contributed by atoms with Crippen molar-refractivity contribution in [1.82, 2.24) is 30.5 Å². The summed E-state index contributed by atoms with van der Waals surface area (Å²) in [5.41, 5.74) is 2.21. The smallest absolute Gasteiger partial charge is 0.246 e. The van der Waals surface area contributed by atoms with Crippen LogP contribution in [0.5, 0.6) is 0 Å². The Labute approximate surface area is 229 Å². The molecule has 2 aliphatic carbocycles. The number of carbonyl (C=O) groups excluding carboxylic acids is 1. The van der Waals surface area contributed by atoms with E-state index in [0.717, 1.165) is 24.1 Å². The van der Waals surface area contributed by atoms with Gasteiger partial charge in [0.2, 0.25) is 11.8 Å². The highest BCUT2D eigenvalue weighted by atomic mass is 19.1. The minimum Gasteiger partial charge on any atom is -0.443 e. The third-order valence-electron chi connectivity index (χ3n) is 8.38. The third kappa shape index (κ3) is 3.98. The van der Waals surface area contributed by atoms with Gasteiger partial charge in [-0.1, -0.05) is 19.9 Å². The van der Waals surface area contributed by atoms with E-state index in [1.165, 1.54) is 24.5 Å². The molecule has 9 nitrogen and oxygen atoms in total. The van der Waals surface area contributed by atoms with Crippen molar-refractivity contribution in [3.63, 3.8) is 0 Å². The number of fused-ring (bicyclic) bond motifs is 5. The number of halogens is 2. The molecule has 1 fully saturated rings. The molecule has 2 aliphatic rings. The zero-order chi connectivity index (χ0) is 28.2.